The molecule has 1 rings (SSSR count). The van der Waals surface area contributed by atoms with Crippen LogP contribution >= 0.6 is 0 Å². The second kappa shape index (κ2) is 7.89. The Morgan fingerprint density at radius 1 is 1.50 bits per heavy atom. The van der Waals surface area contributed by atoms with Gasteiger partial charge in [-0.25, -0.2) is 4.79 Å². The topological polar surface area (TPSA) is 62.9 Å². The number of esters is 1. The minimum absolute atomic E-state index is 0.0952. The SMILES string of the molecule is CCCCN(CCO)Cc1occc1C(=O)OC. The molecule has 1 aromatic rings. The highest BCUT2D eigenvalue weighted by Crippen LogP contribution is 2.14. The van der Waals surface area contributed by atoms with Gasteiger partial charge in [0.05, 0.1) is 26.5 Å². The van der Waals surface area contributed by atoms with Crippen LogP contribution in [0.25, 0.3) is 0 Å². The van der Waals surface area contributed by atoms with Crippen LogP contribution in [0.5, 0.6) is 0 Å². The predicted molar refractivity (Wildman–Crippen MR) is 67.3 cm³/mol. The largest absolute Gasteiger partial charge is 0.467 e. The number of aliphatic hydroxyl groups excluding tert-OH is 1. The Morgan fingerprint density at radius 2 is 2.28 bits per heavy atom. The summed E-state index contributed by atoms with van der Waals surface area (Å²) in [4.78, 5) is 13.6. The fraction of sp³-hybridized carbons (Fsp3) is 0.615. The lowest BCUT2D eigenvalue weighted by Crippen LogP contribution is -2.28. The molecule has 1 N–H and O–H groups in total. The third kappa shape index (κ3) is 4.16. The van der Waals surface area contributed by atoms with Gasteiger partial charge in [-0.15, -0.1) is 0 Å². The van der Waals surface area contributed by atoms with Gasteiger partial charge < -0.3 is 14.3 Å². The van der Waals surface area contributed by atoms with Crippen molar-refractivity contribution >= 4 is 5.97 Å². The molecule has 0 aliphatic heterocycles. The number of furan rings is 1. The third-order valence-electron chi connectivity index (χ3n) is 2.76. The summed E-state index contributed by atoms with van der Waals surface area (Å²) in [6, 6.07) is 1.61. The second-order valence-corrected chi connectivity index (χ2v) is 4.10. The number of nitrogens with zero attached hydrogens (tertiary/aromatic N) is 1. The summed E-state index contributed by atoms with van der Waals surface area (Å²) < 4.78 is 10.0. The molecule has 0 spiro atoms. The van der Waals surface area contributed by atoms with E-state index in [9.17, 15) is 4.79 Å². The fourth-order valence-electron chi connectivity index (χ4n) is 1.75. The monoisotopic (exact) mass is 255 g/mol. The average molecular weight is 255 g/mol. The molecular formula is C13H21NO4. The first-order chi connectivity index (χ1) is 8.72. The molecule has 0 atom stereocenters. The van der Waals surface area contributed by atoms with Gasteiger partial charge >= 0.3 is 5.97 Å². The van der Waals surface area contributed by atoms with Crippen LogP contribution in [0.3, 0.4) is 0 Å². The number of rotatable bonds is 8. The molecule has 0 unspecified atom stereocenters. The molecule has 5 nitrogen and oxygen atoms in total. The number of unbranched alkanes of at least 4 members (excludes halogenated alkanes) is 1. The summed E-state index contributed by atoms with van der Waals surface area (Å²) in [7, 11) is 1.35. The van der Waals surface area contributed by atoms with Gasteiger partial charge in [-0.1, -0.05) is 13.3 Å². The van der Waals surface area contributed by atoms with Crippen LogP contribution in [0, 0.1) is 0 Å². The minimum Gasteiger partial charge on any atom is -0.467 e. The standard InChI is InChI=1S/C13H21NO4/c1-3-4-6-14(7-8-15)10-12-11(5-9-18-12)13(16)17-2/h5,9,15H,3-4,6-8,10H2,1-2H3. The first-order valence-corrected chi connectivity index (χ1v) is 6.20. The third-order valence-corrected chi connectivity index (χ3v) is 2.76. The number of methoxy groups -OCH3 is 1. The quantitative estimate of drug-likeness (QED) is 0.716. The van der Waals surface area contributed by atoms with Crippen molar-refractivity contribution in [2.45, 2.75) is 26.3 Å². The number of carbonyl (C=O) groups excluding carboxylic acids is 1. The first kappa shape index (κ1) is 14.7. The molecule has 102 valence electrons. The Morgan fingerprint density at radius 3 is 2.89 bits per heavy atom. The van der Waals surface area contributed by atoms with E-state index in [1.165, 1.54) is 13.4 Å². The summed E-state index contributed by atoms with van der Waals surface area (Å²) in [5, 5.41) is 9.03. The molecule has 0 amide bonds. The van der Waals surface area contributed by atoms with Gasteiger partial charge in [-0.05, 0) is 19.0 Å². The van der Waals surface area contributed by atoms with Gasteiger partial charge in [-0.2, -0.15) is 0 Å². The normalized spacial score (nSPS) is 10.9. The maximum absolute atomic E-state index is 11.5. The molecule has 5 heteroatoms. The van der Waals surface area contributed by atoms with Crippen LogP contribution in [0.15, 0.2) is 16.7 Å². The molecule has 0 saturated heterocycles. The van der Waals surface area contributed by atoms with E-state index in [4.69, 9.17) is 14.3 Å². The molecule has 0 radical (unpaired) electrons. The van der Waals surface area contributed by atoms with Crippen LogP contribution in [0.1, 0.15) is 35.9 Å². The number of aliphatic hydroxyl groups is 1. The second-order valence-electron chi connectivity index (χ2n) is 4.10. The van der Waals surface area contributed by atoms with Crippen molar-refractivity contribution in [1.29, 1.82) is 0 Å². The van der Waals surface area contributed by atoms with Gasteiger partial charge in [0.2, 0.25) is 0 Å². The zero-order chi connectivity index (χ0) is 13.4. The highest BCUT2D eigenvalue weighted by atomic mass is 16.5. The molecule has 0 bridgehead atoms. The van der Waals surface area contributed by atoms with Crippen molar-refractivity contribution in [3.05, 3.63) is 23.7 Å². The zero-order valence-corrected chi connectivity index (χ0v) is 11.0. The lowest BCUT2D eigenvalue weighted by Gasteiger charge is -2.20. The van der Waals surface area contributed by atoms with Gasteiger partial charge in [0, 0.05) is 6.54 Å². The van der Waals surface area contributed by atoms with E-state index in [2.05, 4.69) is 11.8 Å². The zero-order valence-electron chi connectivity index (χ0n) is 11.0. The van der Waals surface area contributed by atoms with Crippen molar-refractivity contribution in [1.82, 2.24) is 4.90 Å². The van der Waals surface area contributed by atoms with Gasteiger partial charge in [0.1, 0.15) is 11.3 Å². The number of carbonyl (C=O) groups is 1. The Labute approximate surface area is 107 Å². The van der Waals surface area contributed by atoms with E-state index in [-0.39, 0.29) is 6.61 Å². The molecule has 0 aliphatic rings. The molecule has 1 aromatic heterocycles. The van der Waals surface area contributed by atoms with E-state index in [0.717, 1.165) is 19.4 Å². The summed E-state index contributed by atoms with van der Waals surface area (Å²) in [6.45, 7) is 4.17. The molecule has 18 heavy (non-hydrogen) atoms. The Kier molecular flexibility index (Phi) is 6.46. The van der Waals surface area contributed by atoms with Crippen LogP contribution in [-0.4, -0.2) is 42.8 Å². The summed E-state index contributed by atoms with van der Waals surface area (Å²) in [5.74, 6) is 0.199. The highest BCUT2D eigenvalue weighted by Gasteiger charge is 2.17. The molecule has 0 aliphatic carbocycles. The van der Waals surface area contributed by atoms with Crippen LogP contribution < -0.4 is 0 Å². The van der Waals surface area contributed by atoms with Crippen LogP contribution in [0.2, 0.25) is 0 Å². The summed E-state index contributed by atoms with van der Waals surface area (Å²) in [5.41, 5.74) is 0.455. The maximum Gasteiger partial charge on any atom is 0.341 e. The van der Waals surface area contributed by atoms with Gasteiger partial charge in [0.25, 0.3) is 0 Å². The highest BCUT2D eigenvalue weighted by molar-refractivity contribution is 5.90. The maximum atomic E-state index is 11.5. The molecule has 1 heterocycles. The van der Waals surface area contributed by atoms with E-state index >= 15 is 0 Å². The summed E-state index contributed by atoms with van der Waals surface area (Å²) in [6.07, 6.45) is 3.62. The summed E-state index contributed by atoms with van der Waals surface area (Å²) >= 11 is 0. The van der Waals surface area contributed by atoms with Crippen molar-refractivity contribution in [3.8, 4) is 0 Å². The molecule has 0 fully saturated rings. The smallest absolute Gasteiger partial charge is 0.341 e. The van der Waals surface area contributed by atoms with Crippen molar-refractivity contribution in [3.63, 3.8) is 0 Å². The lowest BCUT2D eigenvalue weighted by molar-refractivity contribution is 0.0596. The molecule has 0 aromatic carbocycles. The van der Waals surface area contributed by atoms with Crippen molar-refractivity contribution in [2.24, 2.45) is 0 Å². The number of hydrogen-bond acceptors (Lipinski definition) is 5. The van der Waals surface area contributed by atoms with Crippen molar-refractivity contribution < 1.29 is 19.1 Å². The van der Waals surface area contributed by atoms with Crippen LogP contribution in [-0.2, 0) is 11.3 Å². The molecular weight excluding hydrogens is 234 g/mol. The van der Waals surface area contributed by atoms with E-state index in [1.54, 1.807) is 6.07 Å². The Hall–Kier alpha value is -1.33. The minimum atomic E-state index is -0.391. The lowest BCUT2D eigenvalue weighted by atomic mass is 10.2. The van der Waals surface area contributed by atoms with Gasteiger partial charge in [-0.3, -0.25) is 4.90 Å². The Bertz CT molecular complexity index is 362. The Balaban J connectivity index is 2.67. The molecule has 0 saturated carbocycles. The van der Waals surface area contributed by atoms with E-state index in [1.807, 2.05) is 0 Å². The number of ether oxygens (including phenoxy) is 1. The first-order valence-electron chi connectivity index (χ1n) is 6.20. The average Bonchev–Trinajstić information content (AvgIpc) is 2.83. The fourth-order valence-corrected chi connectivity index (χ4v) is 1.75. The van der Waals surface area contributed by atoms with E-state index in [0.29, 0.717) is 24.4 Å². The van der Waals surface area contributed by atoms with E-state index < -0.39 is 5.97 Å². The van der Waals surface area contributed by atoms with Crippen LogP contribution in [0.4, 0.5) is 0 Å². The number of hydrogen-bond donors (Lipinski definition) is 1. The predicted octanol–water partition coefficient (Wildman–Crippen LogP) is 1.66. The van der Waals surface area contributed by atoms with Gasteiger partial charge in [0.15, 0.2) is 0 Å². The van der Waals surface area contributed by atoms with Crippen molar-refractivity contribution in [2.75, 3.05) is 26.8 Å².